The normalized spacial score (nSPS) is 20.6. The maximum absolute atomic E-state index is 5.83. The molecule has 2 rings (SSSR count). The van der Waals surface area contributed by atoms with Gasteiger partial charge in [0, 0.05) is 0 Å². The Hall–Kier alpha value is -0.620. The molecule has 0 spiro atoms. The summed E-state index contributed by atoms with van der Waals surface area (Å²) in [5.74, 6) is 0.868. The highest BCUT2D eigenvalue weighted by Crippen LogP contribution is 2.30. The number of hydrogen-bond donors (Lipinski definition) is 1. The van der Waals surface area contributed by atoms with Gasteiger partial charge in [-0.2, -0.15) is 0 Å². The molecule has 0 bridgehead atoms. The van der Waals surface area contributed by atoms with Crippen molar-refractivity contribution in [2.24, 2.45) is 0 Å². The standard InChI is InChI=1S/C15H22BrNO3/c1-3-17-15(14-10-18-7-8-20-14)11-5-6-13(19-4-2)12(16)9-11/h5-6,9,14-15,17H,3-4,7-8,10H2,1-2H3. The number of halogens is 1. The minimum Gasteiger partial charge on any atom is -0.493 e. The van der Waals surface area contributed by atoms with E-state index in [0.717, 1.165) is 16.8 Å². The Morgan fingerprint density at radius 2 is 2.25 bits per heavy atom. The van der Waals surface area contributed by atoms with E-state index in [4.69, 9.17) is 14.2 Å². The fraction of sp³-hybridized carbons (Fsp3) is 0.600. The van der Waals surface area contributed by atoms with Crippen molar-refractivity contribution in [3.05, 3.63) is 28.2 Å². The molecule has 1 saturated heterocycles. The molecular weight excluding hydrogens is 322 g/mol. The van der Waals surface area contributed by atoms with Crippen molar-refractivity contribution in [3.8, 4) is 5.75 Å². The Labute approximate surface area is 128 Å². The first-order valence-electron chi connectivity index (χ1n) is 7.11. The Balaban J connectivity index is 2.17. The van der Waals surface area contributed by atoms with E-state index in [1.807, 2.05) is 13.0 Å². The third-order valence-electron chi connectivity index (χ3n) is 3.25. The van der Waals surface area contributed by atoms with Crippen LogP contribution in [0.5, 0.6) is 5.75 Å². The lowest BCUT2D eigenvalue weighted by Gasteiger charge is -2.31. The molecule has 20 heavy (non-hydrogen) atoms. The molecular formula is C15H22BrNO3. The van der Waals surface area contributed by atoms with E-state index in [1.54, 1.807) is 0 Å². The summed E-state index contributed by atoms with van der Waals surface area (Å²) in [5, 5.41) is 3.48. The predicted octanol–water partition coefficient (Wildman–Crippen LogP) is 2.91. The maximum Gasteiger partial charge on any atom is 0.133 e. The summed E-state index contributed by atoms with van der Waals surface area (Å²) in [5.41, 5.74) is 1.18. The molecule has 112 valence electrons. The highest BCUT2D eigenvalue weighted by Gasteiger charge is 2.26. The lowest BCUT2D eigenvalue weighted by atomic mass is 10.0. The zero-order valence-corrected chi connectivity index (χ0v) is 13.6. The first-order chi connectivity index (χ1) is 9.76. The minimum atomic E-state index is 0.0496. The molecule has 0 aliphatic carbocycles. The van der Waals surface area contributed by atoms with Crippen molar-refractivity contribution in [1.82, 2.24) is 5.32 Å². The Morgan fingerprint density at radius 3 is 2.85 bits per heavy atom. The number of ether oxygens (including phenoxy) is 3. The second-order valence-electron chi connectivity index (χ2n) is 4.64. The van der Waals surface area contributed by atoms with Crippen LogP contribution >= 0.6 is 15.9 Å². The average Bonchev–Trinajstić information content (AvgIpc) is 2.48. The lowest BCUT2D eigenvalue weighted by Crippen LogP contribution is -2.40. The molecule has 4 nitrogen and oxygen atoms in total. The Bertz CT molecular complexity index is 422. The average molecular weight is 344 g/mol. The topological polar surface area (TPSA) is 39.7 Å². The summed E-state index contributed by atoms with van der Waals surface area (Å²) in [6.07, 6.45) is 0.0496. The SMILES string of the molecule is CCNC(c1ccc(OCC)c(Br)c1)C1COCCO1. The van der Waals surface area contributed by atoms with Gasteiger partial charge < -0.3 is 19.5 Å². The van der Waals surface area contributed by atoms with Crippen LogP contribution in [-0.2, 0) is 9.47 Å². The van der Waals surface area contributed by atoms with Crippen LogP contribution in [0.1, 0.15) is 25.5 Å². The van der Waals surface area contributed by atoms with Gasteiger partial charge in [-0.1, -0.05) is 13.0 Å². The lowest BCUT2D eigenvalue weighted by molar-refractivity contribution is -0.102. The molecule has 1 aliphatic heterocycles. The van der Waals surface area contributed by atoms with Crippen LogP contribution in [-0.4, -0.2) is 39.1 Å². The monoisotopic (exact) mass is 343 g/mol. The summed E-state index contributed by atoms with van der Waals surface area (Å²) < 4.78 is 17.9. The van der Waals surface area contributed by atoms with Crippen molar-refractivity contribution in [2.75, 3.05) is 33.0 Å². The fourth-order valence-corrected chi connectivity index (χ4v) is 2.88. The summed E-state index contributed by atoms with van der Waals surface area (Å²) >= 11 is 3.57. The van der Waals surface area contributed by atoms with Crippen molar-refractivity contribution in [3.63, 3.8) is 0 Å². The Morgan fingerprint density at radius 1 is 1.40 bits per heavy atom. The molecule has 1 N–H and O–H groups in total. The number of hydrogen-bond acceptors (Lipinski definition) is 4. The van der Waals surface area contributed by atoms with E-state index in [-0.39, 0.29) is 12.1 Å². The van der Waals surface area contributed by atoms with E-state index < -0.39 is 0 Å². The van der Waals surface area contributed by atoms with Gasteiger partial charge in [-0.05, 0) is 47.1 Å². The van der Waals surface area contributed by atoms with E-state index >= 15 is 0 Å². The molecule has 0 aromatic heterocycles. The van der Waals surface area contributed by atoms with Crippen LogP contribution in [0, 0.1) is 0 Å². The van der Waals surface area contributed by atoms with E-state index in [2.05, 4.69) is 40.3 Å². The Kier molecular flexibility index (Phi) is 6.29. The smallest absolute Gasteiger partial charge is 0.133 e. The first-order valence-corrected chi connectivity index (χ1v) is 7.90. The summed E-state index contributed by atoms with van der Waals surface area (Å²) in [6, 6.07) is 6.31. The zero-order valence-electron chi connectivity index (χ0n) is 12.0. The van der Waals surface area contributed by atoms with Gasteiger partial charge in [-0.3, -0.25) is 0 Å². The van der Waals surface area contributed by atoms with E-state index in [0.29, 0.717) is 26.4 Å². The quantitative estimate of drug-likeness (QED) is 0.861. The third-order valence-corrected chi connectivity index (χ3v) is 3.87. The second kappa shape index (κ2) is 7.98. The highest BCUT2D eigenvalue weighted by atomic mass is 79.9. The van der Waals surface area contributed by atoms with Crippen molar-refractivity contribution in [2.45, 2.75) is 26.0 Å². The second-order valence-corrected chi connectivity index (χ2v) is 5.50. The van der Waals surface area contributed by atoms with Gasteiger partial charge in [0.15, 0.2) is 0 Å². The zero-order chi connectivity index (χ0) is 14.4. The van der Waals surface area contributed by atoms with Crippen molar-refractivity contribution in [1.29, 1.82) is 0 Å². The number of rotatable bonds is 6. The van der Waals surface area contributed by atoms with Gasteiger partial charge in [0.1, 0.15) is 11.9 Å². The summed E-state index contributed by atoms with van der Waals surface area (Å²) in [6.45, 7) is 7.59. The number of benzene rings is 1. The van der Waals surface area contributed by atoms with Gasteiger partial charge in [-0.25, -0.2) is 0 Å². The van der Waals surface area contributed by atoms with Gasteiger partial charge in [-0.15, -0.1) is 0 Å². The minimum absolute atomic E-state index is 0.0496. The fourth-order valence-electron chi connectivity index (χ4n) is 2.37. The van der Waals surface area contributed by atoms with Gasteiger partial charge in [0.2, 0.25) is 0 Å². The molecule has 0 amide bonds. The number of nitrogens with one attached hydrogen (secondary N) is 1. The predicted molar refractivity (Wildman–Crippen MR) is 82.3 cm³/mol. The highest BCUT2D eigenvalue weighted by molar-refractivity contribution is 9.10. The molecule has 1 heterocycles. The van der Waals surface area contributed by atoms with Crippen LogP contribution in [0.4, 0.5) is 0 Å². The van der Waals surface area contributed by atoms with Gasteiger partial charge >= 0.3 is 0 Å². The van der Waals surface area contributed by atoms with Gasteiger partial charge in [0.05, 0.1) is 36.9 Å². The summed E-state index contributed by atoms with van der Waals surface area (Å²) in [7, 11) is 0. The van der Waals surface area contributed by atoms with Crippen LogP contribution in [0.2, 0.25) is 0 Å². The first kappa shape index (κ1) is 15.8. The molecule has 1 aliphatic rings. The number of likely N-dealkylation sites (N-methyl/N-ethyl adjacent to an activating group) is 1. The third kappa shape index (κ3) is 3.95. The molecule has 2 atom stereocenters. The van der Waals surface area contributed by atoms with Crippen molar-refractivity contribution >= 4 is 15.9 Å². The molecule has 5 heteroatoms. The van der Waals surface area contributed by atoms with Crippen LogP contribution in [0.3, 0.4) is 0 Å². The molecule has 1 aromatic carbocycles. The van der Waals surface area contributed by atoms with Crippen LogP contribution in [0.15, 0.2) is 22.7 Å². The van der Waals surface area contributed by atoms with Crippen LogP contribution < -0.4 is 10.1 Å². The summed E-state index contributed by atoms with van der Waals surface area (Å²) in [4.78, 5) is 0. The molecule has 1 aromatic rings. The maximum atomic E-state index is 5.83. The van der Waals surface area contributed by atoms with E-state index in [1.165, 1.54) is 5.56 Å². The molecule has 2 unspecified atom stereocenters. The molecule has 0 saturated carbocycles. The molecule has 1 fully saturated rings. The largest absolute Gasteiger partial charge is 0.493 e. The van der Waals surface area contributed by atoms with Crippen LogP contribution in [0.25, 0.3) is 0 Å². The van der Waals surface area contributed by atoms with E-state index in [9.17, 15) is 0 Å². The van der Waals surface area contributed by atoms with Gasteiger partial charge in [0.25, 0.3) is 0 Å². The van der Waals surface area contributed by atoms with Crippen molar-refractivity contribution < 1.29 is 14.2 Å². The molecule has 0 radical (unpaired) electrons.